The number of carbonyl (C=O) groups is 2. The number of ether oxygens (including phenoxy) is 2. The molecule has 6 heteroatoms. The first kappa shape index (κ1) is 15.9. The molecular formula is C16H14ClNO4. The van der Waals surface area contributed by atoms with Gasteiger partial charge in [0, 0.05) is 11.3 Å². The molecule has 2 rings (SSSR count). The summed E-state index contributed by atoms with van der Waals surface area (Å²) in [6.45, 7) is -0.175. The number of amides is 1. The molecule has 5 nitrogen and oxygen atoms in total. The highest BCUT2D eigenvalue weighted by molar-refractivity contribution is 6.32. The summed E-state index contributed by atoms with van der Waals surface area (Å²) in [6.07, 6.45) is 0.715. The lowest BCUT2D eigenvalue weighted by Crippen LogP contribution is -2.20. The zero-order valence-electron chi connectivity index (χ0n) is 11.8. The molecule has 0 heterocycles. The monoisotopic (exact) mass is 319 g/mol. The van der Waals surface area contributed by atoms with Gasteiger partial charge in [0.2, 0.25) is 0 Å². The number of hydrogen-bond donors (Lipinski definition) is 1. The Kier molecular flexibility index (Phi) is 5.38. The maximum Gasteiger partial charge on any atom is 0.262 e. The van der Waals surface area contributed by atoms with Crippen molar-refractivity contribution in [2.75, 3.05) is 19.0 Å². The Morgan fingerprint density at radius 1 is 1.27 bits per heavy atom. The molecule has 0 aromatic heterocycles. The standard InChI is InChI=1S/C16H14ClNO4/c1-21-15-6-5-12(8-14(15)17)18-16(20)10-22-13-4-2-3-11(7-13)9-19/h2-9H,10H2,1H3,(H,18,20). The van der Waals surface area contributed by atoms with E-state index in [-0.39, 0.29) is 12.5 Å². The fourth-order valence-electron chi connectivity index (χ4n) is 1.77. The number of carbonyl (C=O) groups excluding carboxylic acids is 2. The fourth-order valence-corrected chi connectivity index (χ4v) is 2.03. The predicted octanol–water partition coefficient (Wildman–Crippen LogP) is 3.18. The van der Waals surface area contributed by atoms with Crippen molar-refractivity contribution in [2.45, 2.75) is 0 Å². The molecule has 0 spiro atoms. The molecule has 0 aliphatic carbocycles. The summed E-state index contributed by atoms with van der Waals surface area (Å²) in [6, 6.07) is 11.5. The molecule has 0 fully saturated rings. The van der Waals surface area contributed by atoms with Gasteiger partial charge < -0.3 is 14.8 Å². The number of halogens is 1. The van der Waals surface area contributed by atoms with Crippen molar-refractivity contribution in [3.63, 3.8) is 0 Å². The Bertz CT molecular complexity index is 688. The van der Waals surface area contributed by atoms with Crippen molar-refractivity contribution in [1.82, 2.24) is 0 Å². The van der Waals surface area contributed by atoms with Crippen molar-refractivity contribution >= 4 is 29.5 Å². The second-order valence-corrected chi connectivity index (χ2v) is 4.78. The SMILES string of the molecule is COc1ccc(NC(=O)COc2cccc(C=O)c2)cc1Cl. The fraction of sp³-hybridized carbons (Fsp3) is 0.125. The van der Waals surface area contributed by atoms with Gasteiger partial charge in [-0.2, -0.15) is 0 Å². The van der Waals surface area contributed by atoms with Gasteiger partial charge in [-0.05, 0) is 30.3 Å². The molecule has 1 N–H and O–H groups in total. The van der Waals surface area contributed by atoms with E-state index in [0.29, 0.717) is 34.1 Å². The van der Waals surface area contributed by atoms with E-state index in [1.807, 2.05) is 0 Å². The molecule has 0 radical (unpaired) electrons. The van der Waals surface area contributed by atoms with Gasteiger partial charge in [-0.25, -0.2) is 0 Å². The zero-order valence-corrected chi connectivity index (χ0v) is 12.6. The maximum atomic E-state index is 11.8. The van der Waals surface area contributed by atoms with Crippen molar-refractivity contribution in [3.8, 4) is 11.5 Å². The number of benzene rings is 2. The highest BCUT2D eigenvalue weighted by Crippen LogP contribution is 2.27. The molecule has 0 bridgehead atoms. The van der Waals surface area contributed by atoms with Gasteiger partial charge in [-0.3, -0.25) is 9.59 Å². The number of nitrogens with one attached hydrogen (secondary N) is 1. The third-order valence-electron chi connectivity index (χ3n) is 2.80. The Balaban J connectivity index is 1.92. The summed E-state index contributed by atoms with van der Waals surface area (Å²) in [5.74, 6) is 0.645. The molecular weight excluding hydrogens is 306 g/mol. The van der Waals surface area contributed by atoms with E-state index in [2.05, 4.69) is 5.32 Å². The molecule has 22 heavy (non-hydrogen) atoms. The smallest absolute Gasteiger partial charge is 0.262 e. The average molecular weight is 320 g/mol. The predicted molar refractivity (Wildman–Crippen MR) is 84.0 cm³/mol. The summed E-state index contributed by atoms with van der Waals surface area (Å²) in [4.78, 5) is 22.5. The van der Waals surface area contributed by atoms with Gasteiger partial charge in [-0.1, -0.05) is 23.7 Å². The van der Waals surface area contributed by atoms with Gasteiger partial charge in [0.15, 0.2) is 6.61 Å². The van der Waals surface area contributed by atoms with E-state index in [1.54, 1.807) is 42.5 Å². The minimum Gasteiger partial charge on any atom is -0.495 e. The number of aldehydes is 1. The summed E-state index contributed by atoms with van der Waals surface area (Å²) in [7, 11) is 1.51. The van der Waals surface area contributed by atoms with Gasteiger partial charge in [0.25, 0.3) is 5.91 Å². The molecule has 0 aliphatic rings. The first-order chi connectivity index (χ1) is 10.6. The van der Waals surface area contributed by atoms with E-state index >= 15 is 0 Å². The van der Waals surface area contributed by atoms with Gasteiger partial charge in [-0.15, -0.1) is 0 Å². The Morgan fingerprint density at radius 2 is 2.09 bits per heavy atom. The summed E-state index contributed by atoms with van der Waals surface area (Å²) in [5.41, 5.74) is 1.03. The van der Waals surface area contributed by atoms with E-state index in [0.717, 1.165) is 0 Å². The van der Waals surface area contributed by atoms with Crippen molar-refractivity contribution in [2.24, 2.45) is 0 Å². The number of methoxy groups -OCH3 is 1. The topological polar surface area (TPSA) is 64.6 Å². The van der Waals surface area contributed by atoms with Crippen LogP contribution in [0.3, 0.4) is 0 Å². The minimum atomic E-state index is -0.335. The third-order valence-corrected chi connectivity index (χ3v) is 3.10. The second-order valence-electron chi connectivity index (χ2n) is 4.38. The zero-order chi connectivity index (χ0) is 15.9. The summed E-state index contributed by atoms with van der Waals surface area (Å²) < 4.78 is 10.4. The quantitative estimate of drug-likeness (QED) is 0.831. The Hall–Kier alpha value is -2.53. The molecule has 0 unspecified atom stereocenters. The first-order valence-corrected chi connectivity index (χ1v) is 6.81. The summed E-state index contributed by atoms with van der Waals surface area (Å²) in [5, 5.41) is 3.06. The van der Waals surface area contributed by atoms with Crippen LogP contribution in [0.15, 0.2) is 42.5 Å². The lowest BCUT2D eigenvalue weighted by molar-refractivity contribution is -0.118. The van der Waals surface area contributed by atoms with Crippen LogP contribution in [0.4, 0.5) is 5.69 Å². The number of anilines is 1. The van der Waals surface area contributed by atoms with Crippen LogP contribution in [0.25, 0.3) is 0 Å². The van der Waals surface area contributed by atoms with Gasteiger partial charge >= 0.3 is 0 Å². The van der Waals surface area contributed by atoms with Crippen LogP contribution in [-0.2, 0) is 4.79 Å². The second kappa shape index (κ2) is 7.47. The van der Waals surface area contributed by atoms with Crippen molar-refractivity contribution < 1.29 is 19.1 Å². The van der Waals surface area contributed by atoms with Crippen LogP contribution >= 0.6 is 11.6 Å². The minimum absolute atomic E-state index is 0.175. The van der Waals surface area contributed by atoms with Crippen LogP contribution in [-0.4, -0.2) is 25.9 Å². The van der Waals surface area contributed by atoms with Crippen LogP contribution in [0.1, 0.15) is 10.4 Å². The molecule has 0 atom stereocenters. The molecule has 114 valence electrons. The van der Waals surface area contributed by atoms with Gasteiger partial charge in [0.1, 0.15) is 17.8 Å². The number of rotatable bonds is 6. The third kappa shape index (κ3) is 4.23. The van der Waals surface area contributed by atoms with Crippen LogP contribution in [0.2, 0.25) is 5.02 Å². The van der Waals surface area contributed by atoms with E-state index in [9.17, 15) is 9.59 Å². The lowest BCUT2D eigenvalue weighted by Gasteiger charge is -2.09. The molecule has 2 aromatic carbocycles. The van der Waals surface area contributed by atoms with Crippen LogP contribution in [0, 0.1) is 0 Å². The van der Waals surface area contributed by atoms with Crippen molar-refractivity contribution in [1.29, 1.82) is 0 Å². The molecule has 0 saturated carbocycles. The molecule has 0 saturated heterocycles. The Labute approximate surface area is 132 Å². The van der Waals surface area contributed by atoms with Crippen LogP contribution < -0.4 is 14.8 Å². The maximum absolute atomic E-state index is 11.8. The van der Waals surface area contributed by atoms with Gasteiger partial charge in [0.05, 0.1) is 12.1 Å². The lowest BCUT2D eigenvalue weighted by atomic mass is 10.2. The largest absolute Gasteiger partial charge is 0.495 e. The van der Waals surface area contributed by atoms with E-state index < -0.39 is 0 Å². The first-order valence-electron chi connectivity index (χ1n) is 6.44. The van der Waals surface area contributed by atoms with Crippen molar-refractivity contribution in [3.05, 3.63) is 53.1 Å². The number of hydrogen-bond acceptors (Lipinski definition) is 4. The average Bonchev–Trinajstić information content (AvgIpc) is 2.53. The molecule has 2 aromatic rings. The van der Waals surface area contributed by atoms with E-state index in [1.165, 1.54) is 7.11 Å². The highest BCUT2D eigenvalue weighted by atomic mass is 35.5. The molecule has 0 aliphatic heterocycles. The summed E-state index contributed by atoms with van der Waals surface area (Å²) >= 11 is 5.98. The highest BCUT2D eigenvalue weighted by Gasteiger charge is 2.07. The van der Waals surface area contributed by atoms with Crippen LogP contribution in [0.5, 0.6) is 11.5 Å². The van der Waals surface area contributed by atoms with E-state index in [4.69, 9.17) is 21.1 Å². The Morgan fingerprint density at radius 3 is 2.77 bits per heavy atom. The normalized spacial score (nSPS) is 9.91. The molecule has 1 amide bonds.